The molecule has 1 saturated heterocycles. The van der Waals surface area contributed by atoms with Crippen molar-refractivity contribution in [2.75, 3.05) is 20.8 Å². The van der Waals surface area contributed by atoms with E-state index in [4.69, 9.17) is 25.8 Å². The summed E-state index contributed by atoms with van der Waals surface area (Å²) < 4.78 is 17.5. The molecule has 4 atom stereocenters. The van der Waals surface area contributed by atoms with E-state index in [2.05, 4.69) is 9.99 Å². The molecule has 0 amide bonds. The minimum absolute atomic E-state index is 0.00837. The number of aliphatic hydroxyl groups excluding tert-OH is 3. The minimum atomic E-state index is -1.33. The maximum absolute atomic E-state index is 10.4. The highest BCUT2D eigenvalue weighted by atomic mass is 35.5. The molecule has 0 aliphatic carbocycles. The number of halogens is 1. The van der Waals surface area contributed by atoms with Crippen molar-refractivity contribution in [2.45, 2.75) is 36.9 Å². The van der Waals surface area contributed by atoms with Crippen molar-refractivity contribution in [1.29, 1.82) is 0 Å². The predicted octanol–water partition coefficient (Wildman–Crippen LogP) is 4.01. The first kappa shape index (κ1) is 27.1. The van der Waals surface area contributed by atoms with E-state index in [-0.39, 0.29) is 6.42 Å². The maximum Gasteiger partial charge on any atom is 0.197 e. The molecule has 37 heavy (non-hydrogen) atoms. The maximum atomic E-state index is 10.4. The third-order valence-corrected chi connectivity index (χ3v) is 6.70. The van der Waals surface area contributed by atoms with Gasteiger partial charge >= 0.3 is 0 Å². The monoisotopic (exact) mass is 527 g/mol. The fraction of sp³-hybridized carbons (Fsp3) is 0.321. The van der Waals surface area contributed by atoms with Gasteiger partial charge in [0.2, 0.25) is 0 Å². The summed E-state index contributed by atoms with van der Waals surface area (Å²) >= 11 is 6.51. The molecule has 9 heteroatoms. The summed E-state index contributed by atoms with van der Waals surface area (Å²) in [5.74, 6) is 0.0657. The number of nitrogens with zero attached hydrogens (tertiary/aromatic N) is 1. The van der Waals surface area contributed by atoms with E-state index in [0.29, 0.717) is 28.5 Å². The lowest BCUT2D eigenvalue weighted by atomic mass is 9.89. The lowest BCUT2D eigenvalue weighted by Gasteiger charge is -2.44. The van der Waals surface area contributed by atoms with Crippen LogP contribution < -0.4 is 4.74 Å². The van der Waals surface area contributed by atoms with E-state index in [1.165, 1.54) is 14.2 Å². The van der Waals surface area contributed by atoms with Gasteiger partial charge in [0.1, 0.15) is 30.8 Å². The van der Waals surface area contributed by atoms with Crippen LogP contribution in [0.1, 0.15) is 28.7 Å². The van der Waals surface area contributed by atoms with Crippen LogP contribution in [0.3, 0.4) is 0 Å². The van der Waals surface area contributed by atoms with Crippen molar-refractivity contribution in [3.8, 4) is 11.5 Å². The highest BCUT2D eigenvalue weighted by Gasteiger charge is 2.47. The van der Waals surface area contributed by atoms with Gasteiger partial charge in [0.15, 0.2) is 5.79 Å². The number of oxime groups is 1. The van der Waals surface area contributed by atoms with Crippen molar-refractivity contribution in [1.82, 2.24) is 0 Å². The zero-order valence-electron chi connectivity index (χ0n) is 20.6. The Morgan fingerprint density at radius 2 is 1.70 bits per heavy atom. The Morgan fingerprint density at radius 1 is 1.03 bits per heavy atom. The Bertz CT molecular complexity index is 1200. The third-order valence-electron chi connectivity index (χ3n) is 6.33. The molecule has 1 fully saturated rings. The van der Waals surface area contributed by atoms with Gasteiger partial charge in [-0.15, -0.1) is 0 Å². The lowest BCUT2D eigenvalue weighted by Crippen LogP contribution is -2.55. The molecule has 196 valence electrons. The van der Waals surface area contributed by atoms with Crippen LogP contribution in [0.2, 0.25) is 5.02 Å². The van der Waals surface area contributed by atoms with Gasteiger partial charge in [-0.25, -0.2) is 0 Å². The van der Waals surface area contributed by atoms with Gasteiger partial charge in [-0.1, -0.05) is 35.0 Å². The summed E-state index contributed by atoms with van der Waals surface area (Å²) in [5, 5.41) is 34.4. The molecule has 8 nitrogen and oxygen atoms in total. The molecular formula is C28H30ClNO7. The van der Waals surface area contributed by atoms with Crippen LogP contribution in [-0.2, 0) is 26.5 Å². The van der Waals surface area contributed by atoms with Crippen molar-refractivity contribution >= 4 is 17.8 Å². The van der Waals surface area contributed by atoms with Crippen LogP contribution >= 0.6 is 11.6 Å². The Kier molecular flexibility index (Phi) is 8.81. The van der Waals surface area contributed by atoms with Crippen LogP contribution in [0.5, 0.6) is 11.5 Å². The van der Waals surface area contributed by atoms with E-state index >= 15 is 0 Å². The first-order chi connectivity index (χ1) is 17.9. The van der Waals surface area contributed by atoms with E-state index in [9.17, 15) is 15.3 Å². The Balaban J connectivity index is 1.48. The molecular weight excluding hydrogens is 498 g/mol. The fourth-order valence-corrected chi connectivity index (χ4v) is 4.48. The Hall–Kier alpha value is -2.98. The molecule has 0 aromatic heterocycles. The summed E-state index contributed by atoms with van der Waals surface area (Å²) in [6.45, 7) is -0.454. The predicted molar refractivity (Wildman–Crippen MR) is 139 cm³/mol. The molecule has 1 heterocycles. The quantitative estimate of drug-likeness (QED) is 0.285. The zero-order valence-corrected chi connectivity index (χ0v) is 21.3. The smallest absolute Gasteiger partial charge is 0.197 e. The van der Waals surface area contributed by atoms with Gasteiger partial charge < -0.3 is 34.4 Å². The van der Waals surface area contributed by atoms with Gasteiger partial charge in [0.25, 0.3) is 0 Å². The molecule has 2 unspecified atom stereocenters. The highest BCUT2D eigenvalue weighted by Crippen LogP contribution is 2.40. The molecule has 0 radical (unpaired) electrons. The third kappa shape index (κ3) is 6.30. The second kappa shape index (κ2) is 12.0. The SMILES string of the molecule is CO/N=C\c1ccc(Oc2ccc(Cc3cc([C@@]4(OC)CC(O)[C@H](O)C(CO)O4)ccc3Cl)cc2)cc1. The van der Waals surface area contributed by atoms with Crippen LogP contribution in [-0.4, -0.2) is 60.7 Å². The summed E-state index contributed by atoms with van der Waals surface area (Å²) in [4.78, 5) is 4.69. The average molecular weight is 528 g/mol. The number of aliphatic hydroxyl groups is 3. The normalized spacial score (nSPS) is 23.8. The minimum Gasteiger partial charge on any atom is -0.457 e. The summed E-state index contributed by atoms with van der Waals surface area (Å²) in [7, 11) is 2.96. The number of hydrogen-bond donors (Lipinski definition) is 3. The van der Waals surface area contributed by atoms with E-state index < -0.39 is 30.7 Å². The van der Waals surface area contributed by atoms with Crippen molar-refractivity contribution in [3.63, 3.8) is 0 Å². The molecule has 4 rings (SSSR count). The van der Waals surface area contributed by atoms with E-state index in [1.807, 2.05) is 54.6 Å². The summed E-state index contributed by atoms with van der Waals surface area (Å²) in [6.07, 6.45) is -1.15. The van der Waals surface area contributed by atoms with Gasteiger partial charge in [-0.2, -0.15) is 0 Å². The molecule has 1 aliphatic rings. The topological polar surface area (TPSA) is 110 Å². The molecule has 0 bridgehead atoms. The number of methoxy groups -OCH3 is 1. The lowest BCUT2D eigenvalue weighted by molar-refractivity contribution is -0.323. The first-order valence-corrected chi connectivity index (χ1v) is 12.2. The Morgan fingerprint density at radius 3 is 2.32 bits per heavy atom. The number of benzene rings is 3. The second-order valence-corrected chi connectivity index (χ2v) is 9.18. The fourth-order valence-electron chi connectivity index (χ4n) is 4.30. The molecule has 0 spiro atoms. The van der Waals surface area contributed by atoms with Crippen molar-refractivity contribution in [3.05, 3.63) is 94.0 Å². The number of hydrogen-bond acceptors (Lipinski definition) is 8. The van der Waals surface area contributed by atoms with Crippen molar-refractivity contribution < 1.29 is 34.4 Å². The molecule has 3 N–H and O–H groups in total. The van der Waals surface area contributed by atoms with E-state index in [1.54, 1.807) is 18.3 Å². The van der Waals surface area contributed by atoms with Crippen LogP contribution in [0.15, 0.2) is 71.9 Å². The van der Waals surface area contributed by atoms with Crippen molar-refractivity contribution in [2.24, 2.45) is 5.16 Å². The Labute approximate surface area is 220 Å². The number of ether oxygens (including phenoxy) is 3. The second-order valence-electron chi connectivity index (χ2n) is 8.77. The van der Waals surface area contributed by atoms with Gasteiger partial charge in [-0.05, 0) is 71.6 Å². The average Bonchev–Trinajstić information content (AvgIpc) is 2.92. The summed E-state index contributed by atoms with van der Waals surface area (Å²) in [6, 6.07) is 20.5. The zero-order chi connectivity index (χ0) is 26.4. The van der Waals surface area contributed by atoms with Gasteiger partial charge in [0, 0.05) is 24.1 Å². The highest BCUT2D eigenvalue weighted by molar-refractivity contribution is 6.31. The summed E-state index contributed by atoms with van der Waals surface area (Å²) in [5.41, 5.74) is 3.38. The van der Waals surface area contributed by atoms with Gasteiger partial charge in [0.05, 0.1) is 18.9 Å². The van der Waals surface area contributed by atoms with Gasteiger partial charge in [-0.3, -0.25) is 0 Å². The molecule has 1 aliphatic heterocycles. The molecule has 3 aromatic rings. The van der Waals surface area contributed by atoms with Crippen LogP contribution in [0, 0.1) is 0 Å². The van der Waals surface area contributed by atoms with E-state index in [0.717, 1.165) is 16.7 Å². The molecule has 3 aromatic carbocycles. The van der Waals surface area contributed by atoms with Crippen LogP contribution in [0.25, 0.3) is 0 Å². The standard InChI is InChI=1S/C28H30ClNO7/c1-34-28(15-25(32)27(33)26(17-31)37-28)21-7-12-24(29)20(14-21)13-18-3-8-22(9-4-18)36-23-10-5-19(6-11-23)16-30-35-2/h3-12,14,16,25-27,31-33H,13,15,17H2,1-2H3/b30-16-/t25?,26?,27-,28+/m0/s1. The first-order valence-electron chi connectivity index (χ1n) is 11.8. The van der Waals surface area contributed by atoms with Crippen LogP contribution in [0.4, 0.5) is 0 Å². The molecule has 0 saturated carbocycles. The largest absolute Gasteiger partial charge is 0.457 e. The number of rotatable bonds is 9.